The summed E-state index contributed by atoms with van der Waals surface area (Å²) >= 11 is 0. The van der Waals surface area contributed by atoms with Gasteiger partial charge in [0, 0.05) is 24.7 Å². The van der Waals surface area contributed by atoms with E-state index in [4.69, 9.17) is 4.74 Å². The largest absolute Gasteiger partial charge is 0.494 e. The first-order valence-electron chi connectivity index (χ1n) is 9.95. The summed E-state index contributed by atoms with van der Waals surface area (Å²) in [4.78, 5) is 37.2. The lowest BCUT2D eigenvalue weighted by atomic mass is 10.1. The van der Waals surface area contributed by atoms with Crippen LogP contribution < -0.4 is 15.0 Å². The van der Waals surface area contributed by atoms with Crippen molar-refractivity contribution in [2.75, 3.05) is 23.9 Å². The molecule has 1 saturated heterocycles. The number of methoxy groups -OCH3 is 1. The molecule has 0 saturated carbocycles. The molecule has 2 aromatic carbocycles. The van der Waals surface area contributed by atoms with Gasteiger partial charge in [-0.1, -0.05) is 25.5 Å². The Hall–Kier alpha value is -3.42. The van der Waals surface area contributed by atoms with E-state index < -0.39 is 10.8 Å². The van der Waals surface area contributed by atoms with Gasteiger partial charge < -0.3 is 15.0 Å². The second kappa shape index (κ2) is 9.39. The SMILES string of the molecule is CCCCc1ccc(N2CC(C(=O)Nc3ccc([N+](=O)[O-])cc3OC)CC2=O)cc1. The number of nitro benzene ring substituents is 1. The van der Waals surface area contributed by atoms with Gasteiger partial charge in [0.1, 0.15) is 5.75 Å². The van der Waals surface area contributed by atoms with Gasteiger partial charge in [-0.05, 0) is 36.6 Å². The topological polar surface area (TPSA) is 102 Å². The van der Waals surface area contributed by atoms with E-state index >= 15 is 0 Å². The maximum atomic E-state index is 12.7. The van der Waals surface area contributed by atoms with Crippen LogP contribution in [-0.2, 0) is 16.0 Å². The molecule has 1 N–H and O–H groups in total. The van der Waals surface area contributed by atoms with Gasteiger partial charge in [0.25, 0.3) is 5.69 Å². The van der Waals surface area contributed by atoms with E-state index in [9.17, 15) is 19.7 Å². The van der Waals surface area contributed by atoms with E-state index in [1.54, 1.807) is 4.90 Å². The van der Waals surface area contributed by atoms with E-state index in [-0.39, 0.29) is 36.2 Å². The van der Waals surface area contributed by atoms with Crippen molar-refractivity contribution in [1.82, 2.24) is 0 Å². The molecule has 0 radical (unpaired) electrons. The second-order valence-corrected chi connectivity index (χ2v) is 7.31. The second-order valence-electron chi connectivity index (χ2n) is 7.31. The number of hydrogen-bond acceptors (Lipinski definition) is 5. The molecule has 1 unspecified atom stereocenters. The minimum Gasteiger partial charge on any atom is -0.494 e. The number of amides is 2. The van der Waals surface area contributed by atoms with Crippen LogP contribution >= 0.6 is 0 Å². The van der Waals surface area contributed by atoms with Gasteiger partial charge in [0.2, 0.25) is 11.8 Å². The third-order valence-corrected chi connectivity index (χ3v) is 5.22. The fourth-order valence-corrected chi connectivity index (χ4v) is 3.49. The van der Waals surface area contributed by atoms with Crippen LogP contribution in [-0.4, -0.2) is 30.4 Å². The Balaban J connectivity index is 1.67. The highest BCUT2D eigenvalue weighted by atomic mass is 16.6. The van der Waals surface area contributed by atoms with Crippen LogP contribution in [0.2, 0.25) is 0 Å². The standard InChI is InChI=1S/C22H25N3O5/c1-3-4-5-15-6-8-17(9-7-15)24-14-16(12-21(24)26)22(27)23-19-11-10-18(25(28)29)13-20(19)30-2/h6-11,13,16H,3-5,12,14H2,1-2H3,(H,23,27). The van der Waals surface area contributed by atoms with Crippen LogP contribution in [0.3, 0.4) is 0 Å². The number of aryl methyl sites for hydroxylation is 1. The van der Waals surface area contributed by atoms with E-state index in [1.807, 2.05) is 24.3 Å². The Bertz CT molecular complexity index is 942. The molecular weight excluding hydrogens is 386 g/mol. The monoisotopic (exact) mass is 411 g/mol. The molecule has 0 aliphatic carbocycles. The molecule has 1 fully saturated rings. The Morgan fingerprint density at radius 3 is 2.63 bits per heavy atom. The van der Waals surface area contributed by atoms with E-state index in [0.717, 1.165) is 24.9 Å². The summed E-state index contributed by atoms with van der Waals surface area (Å²) in [5, 5.41) is 13.6. The molecule has 0 bridgehead atoms. The fraction of sp³-hybridized carbons (Fsp3) is 0.364. The molecule has 1 aliphatic rings. The molecule has 0 aromatic heterocycles. The number of non-ortho nitro benzene ring substituents is 1. The number of anilines is 2. The molecule has 30 heavy (non-hydrogen) atoms. The van der Waals surface area contributed by atoms with Crippen molar-refractivity contribution in [3.63, 3.8) is 0 Å². The average Bonchev–Trinajstić information content (AvgIpc) is 3.14. The molecular formula is C22H25N3O5. The highest BCUT2D eigenvalue weighted by Crippen LogP contribution is 2.31. The Morgan fingerprint density at radius 2 is 2.00 bits per heavy atom. The predicted octanol–water partition coefficient (Wildman–Crippen LogP) is 3.94. The first kappa shape index (κ1) is 21.3. The van der Waals surface area contributed by atoms with Crippen molar-refractivity contribution in [3.05, 3.63) is 58.1 Å². The summed E-state index contributed by atoms with van der Waals surface area (Å²) in [5.41, 5.74) is 2.21. The van der Waals surface area contributed by atoms with Crippen LogP contribution in [0.25, 0.3) is 0 Å². The predicted molar refractivity (Wildman–Crippen MR) is 114 cm³/mol. The summed E-state index contributed by atoms with van der Waals surface area (Å²) < 4.78 is 5.15. The zero-order chi connectivity index (χ0) is 21.7. The van der Waals surface area contributed by atoms with Crippen LogP contribution in [0.1, 0.15) is 31.7 Å². The van der Waals surface area contributed by atoms with Gasteiger partial charge in [0.15, 0.2) is 0 Å². The Morgan fingerprint density at radius 1 is 1.27 bits per heavy atom. The van der Waals surface area contributed by atoms with Crippen molar-refractivity contribution >= 4 is 28.9 Å². The molecule has 8 heteroatoms. The summed E-state index contributed by atoms with van der Waals surface area (Å²) in [6.45, 7) is 2.43. The number of ether oxygens (including phenoxy) is 1. The van der Waals surface area contributed by atoms with E-state index in [2.05, 4.69) is 12.2 Å². The highest BCUT2D eigenvalue weighted by molar-refractivity contribution is 6.04. The number of hydrogen-bond donors (Lipinski definition) is 1. The number of nitrogens with one attached hydrogen (secondary N) is 1. The third kappa shape index (κ3) is 4.76. The maximum Gasteiger partial charge on any atom is 0.273 e. The Kier molecular flexibility index (Phi) is 6.66. The van der Waals surface area contributed by atoms with Crippen molar-refractivity contribution in [3.8, 4) is 5.75 Å². The van der Waals surface area contributed by atoms with Gasteiger partial charge in [-0.15, -0.1) is 0 Å². The smallest absolute Gasteiger partial charge is 0.273 e. The zero-order valence-corrected chi connectivity index (χ0v) is 17.1. The minimum atomic E-state index is -0.533. The molecule has 2 aromatic rings. The van der Waals surface area contributed by atoms with E-state index in [1.165, 1.54) is 30.9 Å². The summed E-state index contributed by atoms with van der Waals surface area (Å²) in [6, 6.07) is 11.9. The molecule has 0 spiro atoms. The number of carbonyl (C=O) groups excluding carboxylic acids is 2. The number of nitrogens with zero attached hydrogens (tertiary/aromatic N) is 2. The lowest BCUT2D eigenvalue weighted by Crippen LogP contribution is -2.28. The number of carbonyl (C=O) groups is 2. The van der Waals surface area contributed by atoms with E-state index in [0.29, 0.717) is 5.69 Å². The van der Waals surface area contributed by atoms with Gasteiger partial charge in [0.05, 0.1) is 29.7 Å². The Labute approximate surface area is 175 Å². The quantitative estimate of drug-likeness (QED) is 0.524. The third-order valence-electron chi connectivity index (χ3n) is 5.22. The highest BCUT2D eigenvalue weighted by Gasteiger charge is 2.35. The summed E-state index contributed by atoms with van der Waals surface area (Å²) in [5.74, 6) is -0.747. The van der Waals surface area contributed by atoms with Crippen LogP contribution in [0.4, 0.5) is 17.1 Å². The molecule has 3 rings (SSSR count). The molecule has 8 nitrogen and oxygen atoms in total. The summed E-state index contributed by atoms with van der Waals surface area (Å²) in [7, 11) is 1.37. The number of nitro groups is 1. The van der Waals surface area contributed by atoms with Crippen LogP contribution in [0.5, 0.6) is 5.75 Å². The lowest BCUT2D eigenvalue weighted by Gasteiger charge is -2.17. The molecule has 1 heterocycles. The first-order valence-corrected chi connectivity index (χ1v) is 9.95. The zero-order valence-electron chi connectivity index (χ0n) is 17.1. The fourth-order valence-electron chi connectivity index (χ4n) is 3.49. The van der Waals surface area contributed by atoms with Gasteiger partial charge >= 0.3 is 0 Å². The number of unbranched alkanes of at least 4 members (excludes halogenated alkanes) is 1. The van der Waals surface area contributed by atoms with Gasteiger partial charge in [-0.25, -0.2) is 0 Å². The molecule has 1 aliphatic heterocycles. The van der Waals surface area contributed by atoms with Crippen molar-refractivity contribution < 1.29 is 19.2 Å². The van der Waals surface area contributed by atoms with Gasteiger partial charge in [-0.2, -0.15) is 0 Å². The normalized spacial score (nSPS) is 15.9. The van der Waals surface area contributed by atoms with Crippen LogP contribution in [0.15, 0.2) is 42.5 Å². The summed E-state index contributed by atoms with van der Waals surface area (Å²) in [6.07, 6.45) is 3.37. The van der Waals surface area contributed by atoms with Crippen molar-refractivity contribution in [2.45, 2.75) is 32.6 Å². The molecule has 158 valence electrons. The molecule has 2 amide bonds. The lowest BCUT2D eigenvalue weighted by molar-refractivity contribution is -0.384. The number of rotatable bonds is 8. The van der Waals surface area contributed by atoms with Gasteiger partial charge in [-0.3, -0.25) is 19.7 Å². The van der Waals surface area contributed by atoms with Crippen LogP contribution in [0, 0.1) is 16.0 Å². The van der Waals surface area contributed by atoms with Crippen molar-refractivity contribution in [1.29, 1.82) is 0 Å². The van der Waals surface area contributed by atoms with Crippen molar-refractivity contribution in [2.24, 2.45) is 5.92 Å². The first-order chi connectivity index (χ1) is 14.4. The average molecular weight is 411 g/mol. The molecule has 1 atom stereocenters. The number of benzene rings is 2. The maximum absolute atomic E-state index is 12.7. The minimum absolute atomic E-state index is 0.105.